The van der Waals surface area contributed by atoms with Crippen molar-refractivity contribution in [3.8, 4) is 10.6 Å². The van der Waals surface area contributed by atoms with Gasteiger partial charge in [0.2, 0.25) is 0 Å². The summed E-state index contributed by atoms with van der Waals surface area (Å²) >= 11 is 1.40. The maximum Gasteiger partial charge on any atom is 0.270 e. The molecule has 7 heteroatoms. The highest BCUT2D eigenvalue weighted by atomic mass is 32.1. The largest absolute Gasteiger partial charge is 0.391 e. The van der Waals surface area contributed by atoms with E-state index in [4.69, 9.17) is 0 Å². The van der Waals surface area contributed by atoms with Crippen LogP contribution in [0.15, 0.2) is 17.8 Å². The molecular weight excluding hydrogens is 288 g/mol. The predicted octanol–water partition coefficient (Wildman–Crippen LogP) is 1.68. The fourth-order valence-corrected chi connectivity index (χ4v) is 2.58. The lowest BCUT2D eigenvalue weighted by Gasteiger charge is -2.17. The van der Waals surface area contributed by atoms with Crippen LogP contribution in [0.2, 0.25) is 0 Å². The highest BCUT2D eigenvalue weighted by molar-refractivity contribution is 7.13. The number of hydrogen-bond donors (Lipinski definition) is 2. The summed E-state index contributed by atoms with van der Waals surface area (Å²) in [6.45, 7) is 4.21. The third-order valence-corrected chi connectivity index (χ3v) is 4.35. The Morgan fingerprint density at radius 1 is 1.57 bits per heavy atom. The van der Waals surface area contributed by atoms with E-state index in [9.17, 15) is 9.90 Å². The molecule has 2 rings (SSSR count). The lowest BCUT2D eigenvalue weighted by atomic mass is 10.0. The molecule has 0 aliphatic rings. The zero-order chi connectivity index (χ0) is 15.4. The highest BCUT2D eigenvalue weighted by Gasteiger charge is 2.16. The van der Waals surface area contributed by atoms with Gasteiger partial charge in [-0.15, -0.1) is 11.3 Å². The van der Waals surface area contributed by atoms with E-state index in [1.165, 1.54) is 11.3 Å². The Labute approximate surface area is 127 Å². The minimum Gasteiger partial charge on any atom is -0.391 e. The maximum absolute atomic E-state index is 12.0. The van der Waals surface area contributed by atoms with Crippen molar-refractivity contribution in [3.63, 3.8) is 0 Å². The molecule has 2 atom stereocenters. The van der Waals surface area contributed by atoms with E-state index >= 15 is 0 Å². The Kier molecular flexibility index (Phi) is 5.08. The van der Waals surface area contributed by atoms with Crippen molar-refractivity contribution in [2.24, 2.45) is 13.0 Å². The van der Waals surface area contributed by atoms with Crippen molar-refractivity contribution >= 4 is 17.2 Å². The number of aromatic nitrogens is 3. The van der Waals surface area contributed by atoms with E-state index in [-0.39, 0.29) is 18.4 Å². The zero-order valence-corrected chi connectivity index (χ0v) is 13.2. The van der Waals surface area contributed by atoms with Crippen LogP contribution >= 0.6 is 11.3 Å². The Hall–Kier alpha value is -1.73. The topological polar surface area (TPSA) is 80.0 Å². The van der Waals surface area contributed by atoms with Crippen LogP contribution in [0.5, 0.6) is 0 Å². The van der Waals surface area contributed by atoms with E-state index in [0.29, 0.717) is 5.69 Å². The third-order valence-electron chi connectivity index (χ3n) is 3.46. The van der Waals surface area contributed by atoms with Gasteiger partial charge < -0.3 is 10.4 Å². The van der Waals surface area contributed by atoms with Crippen LogP contribution in [0.1, 0.15) is 30.8 Å². The number of carbonyl (C=O) groups excluding carboxylic acids is 1. The molecule has 0 bridgehead atoms. The van der Waals surface area contributed by atoms with Gasteiger partial charge in [-0.2, -0.15) is 5.10 Å². The molecule has 0 aromatic carbocycles. The number of rotatable bonds is 6. The maximum atomic E-state index is 12.0. The zero-order valence-electron chi connectivity index (χ0n) is 12.4. The highest BCUT2D eigenvalue weighted by Crippen LogP contribution is 2.22. The van der Waals surface area contributed by atoms with Crippen LogP contribution in [0.25, 0.3) is 10.6 Å². The molecule has 2 heterocycles. The molecule has 1 amide bonds. The molecule has 21 heavy (non-hydrogen) atoms. The molecule has 6 nitrogen and oxygen atoms in total. The average molecular weight is 308 g/mol. The molecule has 0 radical (unpaired) electrons. The molecule has 0 aliphatic carbocycles. The van der Waals surface area contributed by atoms with Crippen LogP contribution in [-0.2, 0) is 7.05 Å². The fraction of sp³-hybridized carbons (Fsp3) is 0.500. The molecular formula is C14H20N4O2S. The Balaban J connectivity index is 1.96. The minimum atomic E-state index is -0.532. The van der Waals surface area contributed by atoms with Gasteiger partial charge in [0.05, 0.1) is 12.3 Å². The van der Waals surface area contributed by atoms with Gasteiger partial charge in [0.25, 0.3) is 5.91 Å². The van der Waals surface area contributed by atoms with E-state index in [2.05, 4.69) is 15.4 Å². The van der Waals surface area contributed by atoms with E-state index in [0.717, 1.165) is 17.0 Å². The number of aliphatic hydroxyl groups is 1. The van der Waals surface area contributed by atoms with E-state index in [1.54, 1.807) is 16.3 Å². The number of hydrogen-bond acceptors (Lipinski definition) is 5. The minimum absolute atomic E-state index is 0.159. The quantitative estimate of drug-likeness (QED) is 0.851. The number of thiazole rings is 1. The molecule has 2 unspecified atom stereocenters. The molecule has 2 N–H and O–H groups in total. The first-order valence-corrected chi connectivity index (χ1v) is 7.80. The monoisotopic (exact) mass is 308 g/mol. The van der Waals surface area contributed by atoms with Crippen molar-refractivity contribution < 1.29 is 9.90 Å². The molecule has 2 aromatic rings. The number of nitrogens with zero attached hydrogens (tertiary/aromatic N) is 3. The first-order chi connectivity index (χ1) is 10.0. The van der Waals surface area contributed by atoms with Crippen molar-refractivity contribution in [2.45, 2.75) is 26.4 Å². The summed E-state index contributed by atoms with van der Waals surface area (Å²) in [5.41, 5.74) is 1.26. The summed E-state index contributed by atoms with van der Waals surface area (Å²) in [4.78, 5) is 16.3. The smallest absolute Gasteiger partial charge is 0.270 e. The van der Waals surface area contributed by atoms with Crippen LogP contribution in [0, 0.1) is 5.92 Å². The van der Waals surface area contributed by atoms with Crippen molar-refractivity contribution in [3.05, 3.63) is 23.5 Å². The van der Waals surface area contributed by atoms with Crippen molar-refractivity contribution in [2.75, 3.05) is 6.54 Å². The normalized spacial score (nSPS) is 13.9. The second-order valence-corrected chi connectivity index (χ2v) is 5.96. The summed E-state index contributed by atoms with van der Waals surface area (Å²) in [7, 11) is 1.83. The summed E-state index contributed by atoms with van der Waals surface area (Å²) in [5, 5.41) is 19.1. The SMILES string of the molecule is CCC(C)C(O)CNC(=O)c1csc(-c2cnn(C)c2)n1. The first-order valence-electron chi connectivity index (χ1n) is 6.92. The van der Waals surface area contributed by atoms with Crippen LogP contribution in [-0.4, -0.2) is 38.4 Å². The van der Waals surface area contributed by atoms with Crippen molar-refractivity contribution in [1.82, 2.24) is 20.1 Å². The van der Waals surface area contributed by atoms with Crippen LogP contribution in [0.4, 0.5) is 0 Å². The van der Waals surface area contributed by atoms with Crippen LogP contribution < -0.4 is 5.32 Å². The molecule has 0 fully saturated rings. The summed E-state index contributed by atoms with van der Waals surface area (Å²) < 4.78 is 1.69. The number of aliphatic hydroxyl groups excluding tert-OH is 1. The predicted molar refractivity (Wildman–Crippen MR) is 82.1 cm³/mol. The van der Waals surface area contributed by atoms with Gasteiger partial charge in [-0.1, -0.05) is 20.3 Å². The molecule has 0 saturated heterocycles. The van der Waals surface area contributed by atoms with Crippen molar-refractivity contribution in [1.29, 1.82) is 0 Å². The second-order valence-electron chi connectivity index (χ2n) is 5.10. The van der Waals surface area contributed by atoms with Crippen LogP contribution in [0.3, 0.4) is 0 Å². The van der Waals surface area contributed by atoms with Gasteiger partial charge >= 0.3 is 0 Å². The van der Waals surface area contributed by atoms with E-state index in [1.807, 2.05) is 27.1 Å². The molecule has 0 saturated carbocycles. The lowest BCUT2D eigenvalue weighted by molar-refractivity contribution is 0.0846. The fourth-order valence-electron chi connectivity index (χ4n) is 1.80. The Bertz CT molecular complexity index is 608. The average Bonchev–Trinajstić information content (AvgIpc) is 3.11. The molecule has 114 valence electrons. The number of amides is 1. The Morgan fingerprint density at radius 2 is 2.33 bits per heavy atom. The number of carbonyl (C=O) groups is 1. The number of nitrogens with one attached hydrogen (secondary N) is 1. The molecule has 0 aliphatic heterocycles. The molecule has 2 aromatic heterocycles. The summed E-state index contributed by atoms with van der Waals surface area (Å²) in [5.74, 6) is -0.101. The first kappa shape index (κ1) is 15.7. The third kappa shape index (κ3) is 3.89. The van der Waals surface area contributed by atoms with Gasteiger partial charge in [-0.05, 0) is 5.92 Å². The standard InChI is InChI=1S/C14H20N4O2S/c1-4-9(2)12(19)6-15-13(20)11-8-21-14(17-11)10-5-16-18(3)7-10/h5,7-9,12,19H,4,6H2,1-3H3,(H,15,20). The second kappa shape index (κ2) is 6.82. The lowest BCUT2D eigenvalue weighted by Crippen LogP contribution is -2.35. The number of aryl methyl sites for hydroxylation is 1. The summed E-state index contributed by atoms with van der Waals surface area (Å²) in [6.07, 6.45) is 3.91. The molecule has 0 spiro atoms. The van der Waals surface area contributed by atoms with Gasteiger partial charge in [-0.25, -0.2) is 4.98 Å². The van der Waals surface area contributed by atoms with Gasteiger partial charge in [-0.3, -0.25) is 9.48 Å². The van der Waals surface area contributed by atoms with Gasteiger partial charge in [0.1, 0.15) is 10.7 Å². The van der Waals surface area contributed by atoms with Gasteiger partial charge in [0, 0.05) is 30.7 Å². The van der Waals surface area contributed by atoms with Gasteiger partial charge in [0.15, 0.2) is 0 Å². The Morgan fingerprint density at radius 3 is 2.95 bits per heavy atom. The van der Waals surface area contributed by atoms with E-state index < -0.39 is 6.10 Å². The summed E-state index contributed by atoms with van der Waals surface area (Å²) in [6, 6.07) is 0.